The fourth-order valence-corrected chi connectivity index (χ4v) is 3.19. The Morgan fingerprint density at radius 1 is 1.33 bits per heavy atom. The Bertz CT molecular complexity index is 548. The molecule has 0 spiro atoms. The molecule has 1 aromatic carbocycles. The van der Waals surface area contributed by atoms with Gasteiger partial charge >= 0.3 is 0 Å². The Morgan fingerprint density at radius 2 is 2.04 bits per heavy atom. The molecule has 0 saturated heterocycles. The SMILES string of the molecule is CC(O)CC(C)NCC(O)COc1ccc2c(c1)C(C)(C)C[NH+]2[O-]. The normalized spacial score (nSPS) is 22.7. The number of nitrogens with one attached hydrogen (secondary N) is 2. The highest BCUT2D eigenvalue weighted by Crippen LogP contribution is 2.34. The number of aliphatic hydroxyl groups is 2. The van der Waals surface area contributed by atoms with Crippen LogP contribution in [0.25, 0.3) is 0 Å². The van der Waals surface area contributed by atoms with Crippen molar-refractivity contribution in [1.29, 1.82) is 0 Å². The van der Waals surface area contributed by atoms with Crippen molar-refractivity contribution in [2.45, 2.75) is 57.8 Å². The molecular formula is C18H30N2O4. The highest BCUT2D eigenvalue weighted by atomic mass is 16.5. The molecule has 6 nitrogen and oxygen atoms in total. The first-order valence-electron chi connectivity index (χ1n) is 8.59. The van der Waals surface area contributed by atoms with E-state index in [0.29, 0.717) is 25.3 Å². The molecule has 1 aromatic rings. The lowest BCUT2D eigenvalue weighted by Gasteiger charge is -2.19. The van der Waals surface area contributed by atoms with E-state index in [9.17, 15) is 15.4 Å². The maximum atomic E-state index is 12.0. The average molecular weight is 338 g/mol. The molecule has 0 radical (unpaired) electrons. The van der Waals surface area contributed by atoms with Crippen LogP contribution in [-0.2, 0) is 5.41 Å². The van der Waals surface area contributed by atoms with Gasteiger partial charge in [0.25, 0.3) is 0 Å². The number of aliphatic hydroxyl groups excluding tert-OH is 2. The van der Waals surface area contributed by atoms with Crippen LogP contribution >= 0.6 is 0 Å². The van der Waals surface area contributed by atoms with Gasteiger partial charge < -0.3 is 30.5 Å². The zero-order valence-corrected chi connectivity index (χ0v) is 15.0. The highest BCUT2D eigenvalue weighted by molar-refractivity contribution is 5.51. The summed E-state index contributed by atoms with van der Waals surface area (Å²) in [5.74, 6) is 0.674. The Labute approximate surface area is 144 Å². The van der Waals surface area contributed by atoms with Crippen molar-refractivity contribution in [3.8, 4) is 5.75 Å². The Kier molecular flexibility index (Phi) is 6.22. The van der Waals surface area contributed by atoms with Crippen molar-refractivity contribution >= 4 is 5.69 Å². The van der Waals surface area contributed by atoms with Gasteiger partial charge in [0.05, 0.1) is 12.6 Å². The summed E-state index contributed by atoms with van der Waals surface area (Å²) in [6.45, 7) is 8.95. The van der Waals surface area contributed by atoms with E-state index in [0.717, 1.165) is 11.3 Å². The largest absolute Gasteiger partial charge is 0.629 e. The van der Waals surface area contributed by atoms with E-state index in [1.54, 1.807) is 13.0 Å². The van der Waals surface area contributed by atoms with Crippen LogP contribution in [0.5, 0.6) is 5.75 Å². The van der Waals surface area contributed by atoms with Crippen LogP contribution in [0.1, 0.15) is 39.7 Å². The number of rotatable bonds is 8. The van der Waals surface area contributed by atoms with Gasteiger partial charge in [0.1, 0.15) is 24.1 Å². The molecule has 0 aliphatic carbocycles. The van der Waals surface area contributed by atoms with Crippen LogP contribution in [0.3, 0.4) is 0 Å². The lowest BCUT2D eigenvalue weighted by Crippen LogP contribution is -3.01. The van der Waals surface area contributed by atoms with Crippen molar-refractivity contribution in [1.82, 2.24) is 5.32 Å². The minimum absolute atomic E-state index is 0.131. The van der Waals surface area contributed by atoms with Gasteiger partial charge in [-0.05, 0) is 32.4 Å². The van der Waals surface area contributed by atoms with Crippen molar-refractivity contribution in [3.05, 3.63) is 29.0 Å². The number of quaternary nitrogens is 1. The smallest absolute Gasteiger partial charge is 0.135 e. The van der Waals surface area contributed by atoms with Crippen LogP contribution in [-0.4, -0.2) is 48.2 Å². The van der Waals surface area contributed by atoms with Crippen LogP contribution in [0.2, 0.25) is 0 Å². The summed E-state index contributed by atoms with van der Waals surface area (Å²) in [6, 6.07) is 5.65. The summed E-state index contributed by atoms with van der Waals surface area (Å²) in [4.78, 5) is 0. The van der Waals surface area contributed by atoms with Gasteiger partial charge in [0.15, 0.2) is 0 Å². The number of hydrogen-bond acceptors (Lipinski definition) is 5. The van der Waals surface area contributed by atoms with Gasteiger partial charge in [-0.2, -0.15) is 0 Å². The second kappa shape index (κ2) is 7.80. The Balaban J connectivity index is 1.85. The van der Waals surface area contributed by atoms with Crippen LogP contribution < -0.4 is 15.1 Å². The monoisotopic (exact) mass is 338 g/mol. The highest BCUT2D eigenvalue weighted by Gasteiger charge is 2.36. The van der Waals surface area contributed by atoms with Crippen molar-refractivity contribution in [2.75, 3.05) is 19.7 Å². The molecule has 0 bridgehead atoms. The maximum Gasteiger partial charge on any atom is 0.135 e. The fourth-order valence-electron chi connectivity index (χ4n) is 3.19. The molecule has 0 amide bonds. The van der Waals surface area contributed by atoms with E-state index >= 15 is 0 Å². The second-order valence-electron chi connectivity index (χ2n) is 7.55. The lowest BCUT2D eigenvalue weighted by atomic mass is 9.87. The quantitative estimate of drug-likeness (QED) is 0.518. The second-order valence-corrected chi connectivity index (χ2v) is 7.55. The number of hydroxylamine groups is 1. The van der Waals surface area contributed by atoms with Crippen molar-refractivity contribution < 1.29 is 20.0 Å². The lowest BCUT2D eigenvalue weighted by molar-refractivity contribution is -0.773. The zero-order valence-electron chi connectivity index (χ0n) is 15.0. The molecule has 4 N–H and O–H groups in total. The van der Waals surface area contributed by atoms with Gasteiger partial charge in [0.2, 0.25) is 0 Å². The van der Waals surface area contributed by atoms with E-state index in [-0.39, 0.29) is 29.2 Å². The van der Waals surface area contributed by atoms with Gasteiger partial charge in [-0.1, -0.05) is 13.8 Å². The molecule has 1 aliphatic heterocycles. The summed E-state index contributed by atoms with van der Waals surface area (Å²) in [5, 5.41) is 34.7. The summed E-state index contributed by atoms with van der Waals surface area (Å²) < 4.78 is 5.68. The van der Waals surface area contributed by atoms with E-state index < -0.39 is 6.10 Å². The molecular weight excluding hydrogens is 308 g/mol. The molecule has 6 heteroatoms. The minimum atomic E-state index is -0.635. The van der Waals surface area contributed by atoms with Crippen LogP contribution in [0.15, 0.2) is 18.2 Å². The number of hydrogen-bond donors (Lipinski definition) is 4. The third-order valence-electron chi connectivity index (χ3n) is 4.46. The van der Waals surface area contributed by atoms with Crippen LogP contribution in [0.4, 0.5) is 5.69 Å². The van der Waals surface area contributed by atoms with Gasteiger partial charge in [-0.25, -0.2) is 0 Å². The zero-order chi connectivity index (χ0) is 17.9. The van der Waals surface area contributed by atoms with Gasteiger partial charge in [-0.3, -0.25) is 0 Å². The summed E-state index contributed by atoms with van der Waals surface area (Å²) >= 11 is 0. The number of benzene rings is 1. The van der Waals surface area contributed by atoms with Gasteiger partial charge in [-0.15, -0.1) is 0 Å². The maximum absolute atomic E-state index is 12.0. The fraction of sp³-hybridized carbons (Fsp3) is 0.667. The molecule has 4 atom stereocenters. The summed E-state index contributed by atoms with van der Waals surface area (Å²) in [5.41, 5.74) is 1.63. The molecule has 0 saturated carbocycles. The molecule has 0 aromatic heterocycles. The molecule has 1 heterocycles. The third-order valence-corrected chi connectivity index (χ3v) is 4.46. The van der Waals surface area contributed by atoms with E-state index in [1.807, 2.05) is 19.1 Å². The summed E-state index contributed by atoms with van der Waals surface area (Å²) in [6.07, 6.45) is -0.357. The first-order valence-corrected chi connectivity index (χ1v) is 8.59. The standard InChI is InChI=1S/C18H30N2O4/c1-12(7-13(2)21)19-9-14(22)10-24-15-5-6-17-16(8-15)18(3,4)11-20(17)23/h5-6,8,12-14,19-22H,7,9-11H2,1-4H3. The van der Waals surface area contributed by atoms with Crippen molar-refractivity contribution in [2.24, 2.45) is 0 Å². The Hall–Kier alpha value is -1.18. The average Bonchev–Trinajstić information content (AvgIpc) is 2.71. The van der Waals surface area contributed by atoms with Crippen LogP contribution in [0, 0.1) is 5.21 Å². The van der Waals surface area contributed by atoms with E-state index in [2.05, 4.69) is 19.2 Å². The number of fused-ring (bicyclic) bond motifs is 1. The minimum Gasteiger partial charge on any atom is -0.629 e. The molecule has 136 valence electrons. The summed E-state index contributed by atoms with van der Waals surface area (Å²) in [7, 11) is 0. The topological polar surface area (TPSA) is 89.2 Å². The first kappa shape index (κ1) is 19.1. The Morgan fingerprint density at radius 3 is 2.71 bits per heavy atom. The third kappa shape index (κ3) is 4.91. The van der Waals surface area contributed by atoms with Crippen molar-refractivity contribution in [3.63, 3.8) is 0 Å². The molecule has 0 fully saturated rings. The predicted octanol–water partition coefficient (Wildman–Crippen LogP) is 0.481. The van der Waals surface area contributed by atoms with E-state index in [1.165, 1.54) is 0 Å². The first-order chi connectivity index (χ1) is 11.2. The van der Waals surface area contributed by atoms with Gasteiger partial charge in [0, 0.05) is 29.6 Å². The predicted molar refractivity (Wildman–Crippen MR) is 93.6 cm³/mol. The molecule has 2 rings (SSSR count). The van der Waals surface area contributed by atoms with E-state index in [4.69, 9.17) is 4.74 Å². The molecule has 4 unspecified atom stereocenters. The number of ether oxygens (including phenoxy) is 1. The molecule has 24 heavy (non-hydrogen) atoms. The molecule has 1 aliphatic rings.